The van der Waals surface area contributed by atoms with Gasteiger partial charge in [-0.1, -0.05) is 71.9 Å². The van der Waals surface area contributed by atoms with Crippen molar-refractivity contribution in [1.82, 2.24) is 20.2 Å². The summed E-state index contributed by atoms with van der Waals surface area (Å²) < 4.78 is 1.66. The maximum atomic E-state index is 13.2. The van der Waals surface area contributed by atoms with Crippen LogP contribution in [0, 0.1) is 13.8 Å². The first-order chi connectivity index (χ1) is 14.6. The number of hydrogen-bond acceptors (Lipinski definition) is 5. The number of thioether (sulfide) groups is 1. The zero-order chi connectivity index (χ0) is 20.9. The summed E-state index contributed by atoms with van der Waals surface area (Å²) in [6, 6.07) is 25.3. The summed E-state index contributed by atoms with van der Waals surface area (Å²) in [6.45, 7) is 4.03. The van der Waals surface area contributed by atoms with Crippen LogP contribution in [-0.2, 0) is 4.79 Å². The first-order valence-electron chi connectivity index (χ1n) is 9.55. The van der Waals surface area contributed by atoms with Gasteiger partial charge in [0, 0.05) is 5.69 Å². The third-order valence-corrected chi connectivity index (χ3v) is 5.76. The Balaban J connectivity index is 1.64. The van der Waals surface area contributed by atoms with E-state index < -0.39 is 5.25 Å². The average Bonchev–Trinajstić information content (AvgIpc) is 3.22. The molecular formula is C23H21N5OS. The smallest absolute Gasteiger partial charge is 0.242 e. The van der Waals surface area contributed by atoms with Crippen LogP contribution in [0.5, 0.6) is 0 Å². The number of hydrogen-bond donors (Lipinski definition) is 1. The molecule has 0 radical (unpaired) electrons. The van der Waals surface area contributed by atoms with E-state index >= 15 is 0 Å². The van der Waals surface area contributed by atoms with E-state index in [0.717, 1.165) is 28.1 Å². The van der Waals surface area contributed by atoms with E-state index in [4.69, 9.17) is 0 Å². The van der Waals surface area contributed by atoms with E-state index in [2.05, 4.69) is 20.8 Å². The lowest BCUT2D eigenvalue weighted by molar-refractivity contribution is -0.115. The lowest BCUT2D eigenvalue weighted by Crippen LogP contribution is -2.19. The van der Waals surface area contributed by atoms with Crippen LogP contribution in [0.3, 0.4) is 0 Å². The van der Waals surface area contributed by atoms with Crippen molar-refractivity contribution in [2.24, 2.45) is 0 Å². The normalized spacial score (nSPS) is 11.8. The second-order valence-corrected chi connectivity index (χ2v) is 8.05. The number of aryl methyl sites for hydroxylation is 2. The Hall–Kier alpha value is -3.45. The van der Waals surface area contributed by atoms with E-state index in [1.54, 1.807) is 4.68 Å². The summed E-state index contributed by atoms with van der Waals surface area (Å²) in [5.41, 5.74) is 4.74. The molecule has 30 heavy (non-hydrogen) atoms. The Morgan fingerprint density at radius 3 is 2.43 bits per heavy atom. The maximum Gasteiger partial charge on any atom is 0.242 e. The van der Waals surface area contributed by atoms with Gasteiger partial charge in [-0.3, -0.25) is 4.79 Å². The van der Waals surface area contributed by atoms with Crippen LogP contribution in [0.2, 0.25) is 0 Å². The van der Waals surface area contributed by atoms with Gasteiger partial charge in [-0.2, -0.15) is 4.68 Å². The fourth-order valence-electron chi connectivity index (χ4n) is 3.03. The number of nitrogens with zero attached hydrogens (tertiary/aromatic N) is 4. The van der Waals surface area contributed by atoms with Crippen LogP contribution in [0.4, 0.5) is 5.69 Å². The largest absolute Gasteiger partial charge is 0.325 e. The zero-order valence-corrected chi connectivity index (χ0v) is 17.5. The highest BCUT2D eigenvalue weighted by molar-refractivity contribution is 8.00. The van der Waals surface area contributed by atoms with Crippen LogP contribution in [0.25, 0.3) is 5.69 Å². The van der Waals surface area contributed by atoms with E-state index in [-0.39, 0.29) is 5.91 Å². The van der Waals surface area contributed by atoms with Crippen molar-refractivity contribution >= 4 is 23.4 Å². The predicted octanol–water partition coefficient (Wildman–Crippen LogP) is 4.75. The van der Waals surface area contributed by atoms with Gasteiger partial charge in [0.25, 0.3) is 0 Å². The van der Waals surface area contributed by atoms with E-state index in [0.29, 0.717) is 5.16 Å². The molecule has 1 amide bonds. The topological polar surface area (TPSA) is 72.7 Å². The fourth-order valence-corrected chi connectivity index (χ4v) is 4.02. The molecule has 0 aliphatic rings. The third kappa shape index (κ3) is 4.58. The van der Waals surface area contributed by atoms with Crippen molar-refractivity contribution in [2.45, 2.75) is 24.3 Å². The summed E-state index contributed by atoms with van der Waals surface area (Å²) in [7, 11) is 0. The van der Waals surface area contributed by atoms with Crippen molar-refractivity contribution in [2.75, 3.05) is 5.32 Å². The molecule has 0 fully saturated rings. The van der Waals surface area contributed by atoms with Crippen LogP contribution >= 0.6 is 11.8 Å². The van der Waals surface area contributed by atoms with Crippen LogP contribution < -0.4 is 5.32 Å². The van der Waals surface area contributed by atoms with Crippen molar-refractivity contribution < 1.29 is 4.79 Å². The molecule has 0 aliphatic heterocycles. The number of amides is 1. The Kier molecular flexibility index (Phi) is 5.90. The number of anilines is 1. The molecular weight excluding hydrogens is 394 g/mol. The second kappa shape index (κ2) is 8.92. The van der Waals surface area contributed by atoms with Gasteiger partial charge in [-0.05, 0) is 59.7 Å². The second-order valence-electron chi connectivity index (χ2n) is 6.98. The molecule has 3 aromatic carbocycles. The van der Waals surface area contributed by atoms with Crippen LogP contribution in [0.1, 0.15) is 21.9 Å². The minimum absolute atomic E-state index is 0.131. The fraction of sp³-hybridized carbons (Fsp3) is 0.130. The lowest BCUT2D eigenvalue weighted by Gasteiger charge is -2.17. The molecule has 4 rings (SSSR count). The Bertz CT molecular complexity index is 1140. The van der Waals surface area contributed by atoms with E-state index in [9.17, 15) is 4.79 Å². The van der Waals surface area contributed by atoms with Crippen molar-refractivity contribution in [3.8, 4) is 5.69 Å². The van der Waals surface area contributed by atoms with Gasteiger partial charge in [-0.15, -0.1) is 5.10 Å². The Morgan fingerprint density at radius 2 is 1.70 bits per heavy atom. The van der Waals surface area contributed by atoms with Crippen LogP contribution in [-0.4, -0.2) is 26.1 Å². The molecule has 150 valence electrons. The third-order valence-electron chi connectivity index (χ3n) is 4.57. The van der Waals surface area contributed by atoms with Crippen molar-refractivity contribution in [3.05, 3.63) is 95.6 Å². The molecule has 1 atom stereocenters. The number of tetrazole rings is 1. The zero-order valence-electron chi connectivity index (χ0n) is 16.7. The number of carbonyl (C=O) groups is 1. The lowest BCUT2D eigenvalue weighted by atomic mass is 10.1. The Morgan fingerprint density at radius 1 is 0.933 bits per heavy atom. The van der Waals surface area contributed by atoms with Gasteiger partial charge in [0.1, 0.15) is 5.25 Å². The van der Waals surface area contributed by atoms with Crippen LogP contribution in [0.15, 0.2) is 84.0 Å². The monoisotopic (exact) mass is 415 g/mol. The number of carbonyl (C=O) groups excluding carboxylic acids is 1. The molecule has 0 spiro atoms. The first-order valence-corrected chi connectivity index (χ1v) is 10.4. The van der Waals surface area contributed by atoms with Gasteiger partial charge in [0.05, 0.1) is 5.69 Å². The molecule has 0 bridgehead atoms. The minimum atomic E-state index is -0.512. The molecule has 6 nitrogen and oxygen atoms in total. The van der Waals surface area contributed by atoms with Gasteiger partial charge >= 0.3 is 0 Å². The number of rotatable bonds is 6. The number of nitrogens with one attached hydrogen (secondary N) is 1. The predicted molar refractivity (Wildman–Crippen MR) is 119 cm³/mol. The quantitative estimate of drug-likeness (QED) is 0.460. The highest BCUT2D eigenvalue weighted by Crippen LogP contribution is 2.35. The van der Waals surface area contributed by atoms with E-state index in [1.165, 1.54) is 11.8 Å². The molecule has 1 unspecified atom stereocenters. The molecule has 0 aliphatic carbocycles. The molecule has 0 saturated heterocycles. The average molecular weight is 416 g/mol. The standard InChI is InChI=1S/C23H21N5OS/c1-16-11-13-19(14-12-16)24-22(29)21(18-8-4-3-5-9-18)30-23-25-26-27-28(23)20-10-6-7-17(2)15-20/h3-15,21H,1-2H3,(H,24,29). The SMILES string of the molecule is Cc1ccc(NC(=O)C(Sc2nnnn2-c2cccc(C)c2)c2ccccc2)cc1. The number of benzene rings is 3. The highest BCUT2D eigenvalue weighted by atomic mass is 32.2. The molecule has 1 aromatic heterocycles. The maximum absolute atomic E-state index is 13.2. The molecule has 0 saturated carbocycles. The Labute approximate surface area is 179 Å². The summed E-state index contributed by atoms with van der Waals surface area (Å²) in [5, 5.41) is 15.2. The van der Waals surface area contributed by atoms with Gasteiger partial charge in [-0.25, -0.2) is 0 Å². The number of aromatic nitrogens is 4. The van der Waals surface area contributed by atoms with Crippen molar-refractivity contribution in [1.29, 1.82) is 0 Å². The van der Waals surface area contributed by atoms with Gasteiger partial charge in [0.15, 0.2) is 0 Å². The first kappa shape index (κ1) is 19.8. The van der Waals surface area contributed by atoms with Crippen molar-refractivity contribution in [3.63, 3.8) is 0 Å². The summed E-state index contributed by atoms with van der Waals surface area (Å²) in [4.78, 5) is 13.2. The molecule has 4 aromatic rings. The van der Waals surface area contributed by atoms with E-state index in [1.807, 2.05) is 92.7 Å². The molecule has 1 heterocycles. The van der Waals surface area contributed by atoms with Gasteiger partial charge < -0.3 is 5.32 Å². The minimum Gasteiger partial charge on any atom is -0.325 e. The summed E-state index contributed by atoms with van der Waals surface area (Å²) in [5.74, 6) is -0.131. The highest BCUT2D eigenvalue weighted by Gasteiger charge is 2.25. The summed E-state index contributed by atoms with van der Waals surface area (Å²) >= 11 is 1.32. The molecule has 1 N–H and O–H groups in total. The summed E-state index contributed by atoms with van der Waals surface area (Å²) in [6.07, 6.45) is 0. The molecule has 7 heteroatoms. The van der Waals surface area contributed by atoms with Gasteiger partial charge in [0.2, 0.25) is 11.1 Å².